The van der Waals surface area contributed by atoms with Crippen molar-refractivity contribution in [3.63, 3.8) is 0 Å². The molecule has 0 aliphatic heterocycles. The molecule has 2 N–H and O–H groups in total. The van der Waals surface area contributed by atoms with Gasteiger partial charge in [-0.2, -0.15) is 0 Å². The van der Waals surface area contributed by atoms with Crippen LogP contribution < -0.4 is 10.6 Å². The summed E-state index contributed by atoms with van der Waals surface area (Å²) in [7, 11) is 0. The smallest absolute Gasteiger partial charge is 0.242 e. The topological polar surface area (TPSA) is 41.1 Å². The van der Waals surface area contributed by atoms with Crippen LogP contribution in [0.3, 0.4) is 0 Å². The number of terminal acetylenes is 1. The van der Waals surface area contributed by atoms with Crippen LogP contribution in [0.4, 0.5) is 5.69 Å². The number of amides is 1. The third-order valence-electron chi connectivity index (χ3n) is 2.50. The minimum atomic E-state index is -0.296. The van der Waals surface area contributed by atoms with E-state index in [0.717, 1.165) is 12.1 Å². The third-order valence-corrected chi connectivity index (χ3v) is 2.50. The average molecular weight is 230 g/mol. The van der Waals surface area contributed by atoms with Crippen molar-refractivity contribution in [3.8, 4) is 12.3 Å². The number of carbonyl (C=O) groups excluding carboxylic acids is 1. The van der Waals surface area contributed by atoms with Crippen molar-refractivity contribution < 1.29 is 4.79 Å². The Hall–Kier alpha value is -1.95. The fourth-order valence-corrected chi connectivity index (χ4v) is 1.44. The number of carbonyl (C=O) groups is 1. The molecule has 0 aromatic heterocycles. The van der Waals surface area contributed by atoms with Gasteiger partial charge in [0, 0.05) is 5.69 Å². The molecule has 1 atom stereocenters. The second kappa shape index (κ2) is 6.59. The molecule has 0 heterocycles. The highest BCUT2D eigenvalue weighted by atomic mass is 16.2. The van der Waals surface area contributed by atoms with Crippen molar-refractivity contribution in [2.45, 2.75) is 26.3 Å². The van der Waals surface area contributed by atoms with Crippen molar-refractivity contribution >= 4 is 11.6 Å². The van der Waals surface area contributed by atoms with Crippen LogP contribution in [-0.2, 0) is 11.2 Å². The second-order valence-corrected chi connectivity index (χ2v) is 3.84. The summed E-state index contributed by atoms with van der Waals surface area (Å²) in [5.41, 5.74) is 2.21. The molecule has 17 heavy (non-hydrogen) atoms. The van der Waals surface area contributed by atoms with E-state index in [2.05, 4.69) is 23.5 Å². The van der Waals surface area contributed by atoms with E-state index in [4.69, 9.17) is 6.42 Å². The van der Waals surface area contributed by atoms with Gasteiger partial charge < -0.3 is 10.6 Å². The SMILES string of the molecule is C#CCNC(=O)C(C)Nc1ccc(CC)cc1. The molecule has 0 aliphatic rings. The normalized spacial score (nSPS) is 11.4. The summed E-state index contributed by atoms with van der Waals surface area (Å²) in [5.74, 6) is 2.28. The first-order valence-electron chi connectivity index (χ1n) is 5.74. The molecule has 0 saturated carbocycles. The van der Waals surface area contributed by atoms with Gasteiger partial charge in [-0.05, 0) is 31.0 Å². The van der Waals surface area contributed by atoms with Gasteiger partial charge in [0.15, 0.2) is 0 Å². The van der Waals surface area contributed by atoms with Crippen molar-refractivity contribution in [3.05, 3.63) is 29.8 Å². The van der Waals surface area contributed by atoms with E-state index in [-0.39, 0.29) is 18.5 Å². The number of anilines is 1. The van der Waals surface area contributed by atoms with Crippen LogP contribution in [0.25, 0.3) is 0 Å². The van der Waals surface area contributed by atoms with E-state index < -0.39 is 0 Å². The van der Waals surface area contributed by atoms with Crippen LogP contribution in [0.2, 0.25) is 0 Å². The summed E-state index contributed by atoms with van der Waals surface area (Å²) in [6.07, 6.45) is 6.09. The van der Waals surface area contributed by atoms with Gasteiger partial charge in [-0.3, -0.25) is 4.79 Å². The molecule has 0 radical (unpaired) electrons. The van der Waals surface area contributed by atoms with Gasteiger partial charge in [-0.1, -0.05) is 25.0 Å². The number of benzene rings is 1. The lowest BCUT2D eigenvalue weighted by Crippen LogP contribution is -2.37. The molecule has 0 aliphatic carbocycles. The van der Waals surface area contributed by atoms with E-state index in [9.17, 15) is 4.79 Å². The van der Waals surface area contributed by atoms with E-state index in [1.807, 2.05) is 24.3 Å². The van der Waals surface area contributed by atoms with E-state index in [1.54, 1.807) is 6.92 Å². The lowest BCUT2D eigenvalue weighted by Gasteiger charge is -2.14. The van der Waals surface area contributed by atoms with Gasteiger partial charge >= 0.3 is 0 Å². The van der Waals surface area contributed by atoms with E-state index in [1.165, 1.54) is 5.56 Å². The highest BCUT2D eigenvalue weighted by Gasteiger charge is 2.10. The number of nitrogens with one attached hydrogen (secondary N) is 2. The largest absolute Gasteiger partial charge is 0.374 e. The van der Waals surface area contributed by atoms with Crippen LogP contribution >= 0.6 is 0 Å². The Kier molecular flexibility index (Phi) is 5.09. The zero-order valence-electron chi connectivity index (χ0n) is 10.3. The predicted octanol–water partition coefficient (Wildman–Crippen LogP) is 1.80. The molecule has 0 fully saturated rings. The monoisotopic (exact) mass is 230 g/mol. The molecule has 1 rings (SSSR count). The predicted molar refractivity (Wildman–Crippen MR) is 70.7 cm³/mol. The molecule has 1 amide bonds. The van der Waals surface area contributed by atoms with Crippen LogP contribution in [0, 0.1) is 12.3 Å². The quantitative estimate of drug-likeness (QED) is 0.757. The Morgan fingerprint density at radius 2 is 2.06 bits per heavy atom. The Labute approximate surface area is 103 Å². The minimum absolute atomic E-state index is 0.0949. The summed E-state index contributed by atoms with van der Waals surface area (Å²) in [5, 5.41) is 5.76. The fourth-order valence-electron chi connectivity index (χ4n) is 1.44. The van der Waals surface area contributed by atoms with Crippen molar-refractivity contribution in [1.82, 2.24) is 5.32 Å². The van der Waals surface area contributed by atoms with Crippen molar-refractivity contribution in [2.24, 2.45) is 0 Å². The molecule has 3 heteroatoms. The minimum Gasteiger partial charge on any atom is -0.374 e. The van der Waals surface area contributed by atoms with Crippen LogP contribution in [0.15, 0.2) is 24.3 Å². The summed E-state index contributed by atoms with van der Waals surface area (Å²) in [6, 6.07) is 7.76. The Bertz CT molecular complexity index is 403. The third kappa shape index (κ3) is 4.20. The molecule has 1 aromatic carbocycles. The summed E-state index contributed by atoms with van der Waals surface area (Å²) in [6.45, 7) is 4.18. The number of hydrogen-bond acceptors (Lipinski definition) is 2. The molecule has 3 nitrogen and oxygen atoms in total. The number of aryl methyl sites for hydroxylation is 1. The Morgan fingerprint density at radius 3 is 2.59 bits per heavy atom. The fraction of sp³-hybridized carbons (Fsp3) is 0.357. The molecule has 0 spiro atoms. The van der Waals surface area contributed by atoms with Crippen LogP contribution in [0.5, 0.6) is 0 Å². The Morgan fingerprint density at radius 1 is 1.41 bits per heavy atom. The first kappa shape index (κ1) is 13.1. The van der Waals surface area contributed by atoms with E-state index in [0.29, 0.717) is 0 Å². The first-order chi connectivity index (χ1) is 8.17. The van der Waals surface area contributed by atoms with Gasteiger partial charge in [-0.25, -0.2) is 0 Å². The van der Waals surface area contributed by atoms with Gasteiger partial charge in [0.05, 0.1) is 6.54 Å². The number of hydrogen-bond donors (Lipinski definition) is 2. The lowest BCUT2D eigenvalue weighted by atomic mass is 10.1. The second-order valence-electron chi connectivity index (χ2n) is 3.84. The molecule has 1 unspecified atom stereocenters. The molecule has 1 aromatic rings. The maximum atomic E-state index is 11.6. The van der Waals surface area contributed by atoms with Crippen LogP contribution in [0.1, 0.15) is 19.4 Å². The first-order valence-corrected chi connectivity index (χ1v) is 5.74. The van der Waals surface area contributed by atoms with Crippen molar-refractivity contribution in [2.75, 3.05) is 11.9 Å². The zero-order valence-corrected chi connectivity index (χ0v) is 10.3. The van der Waals surface area contributed by atoms with Crippen LogP contribution in [-0.4, -0.2) is 18.5 Å². The highest BCUT2D eigenvalue weighted by Crippen LogP contribution is 2.11. The molecular formula is C14H18N2O. The lowest BCUT2D eigenvalue weighted by molar-refractivity contribution is -0.121. The highest BCUT2D eigenvalue weighted by molar-refractivity contribution is 5.84. The van der Waals surface area contributed by atoms with Gasteiger partial charge in [0.25, 0.3) is 0 Å². The summed E-state index contributed by atoms with van der Waals surface area (Å²) in [4.78, 5) is 11.6. The maximum absolute atomic E-state index is 11.6. The standard InChI is InChI=1S/C14H18N2O/c1-4-10-15-14(17)11(3)16-13-8-6-12(5-2)7-9-13/h1,6-9,11,16H,5,10H2,2-3H3,(H,15,17). The molecular weight excluding hydrogens is 212 g/mol. The summed E-state index contributed by atoms with van der Waals surface area (Å²) >= 11 is 0. The zero-order chi connectivity index (χ0) is 12.7. The summed E-state index contributed by atoms with van der Waals surface area (Å²) < 4.78 is 0. The van der Waals surface area contributed by atoms with Crippen molar-refractivity contribution in [1.29, 1.82) is 0 Å². The molecule has 0 saturated heterocycles. The Balaban J connectivity index is 2.52. The number of rotatable bonds is 5. The van der Waals surface area contributed by atoms with Gasteiger partial charge in [-0.15, -0.1) is 6.42 Å². The van der Waals surface area contributed by atoms with E-state index >= 15 is 0 Å². The average Bonchev–Trinajstić information content (AvgIpc) is 2.36. The van der Waals surface area contributed by atoms with Gasteiger partial charge in [0.1, 0.15) is 6.04 Å². The molecule has 0 bridgehead atoms. The van der Waals surface area contributed by atoms with Gasteiger partial charge in [0.2, 0.25) is 5.91 Å². The molecule has 90 valence electrons. The maximum Gasteiger partial charge on any atom is 0.242 e.